The Kier molecular flexibility index (Phi) is 1.78. The summed E-state index contributed by atoms with van der Waals surface area (Å²) in [6.45, 7) is 2.11. The highest BCUT2D eigenvalue weighted by molar-refractivity contribution is 6.05. The number of aryl methyl sites for hydroxylation is 1. The van der Waals surface area contributed by atoms with Gasteiger partial charge in [-0.25, -0.2) is 0 Å². The minimum Gasteiger partial charge on any atom is -0.461 e. The Morgan fingerprint density at radius 1 is 1.00 bits per heavy atom. The molecule has 1 aromatic heterocycles. The average Bonchev–Trinajstić information content (AvgIpc) is 2.72. The first-order valence-corrected chi connectivity index (χ1v) is 5.28. The highest BCUT2D eigenvalue weighted by Crippen LogP contribution is 2.28. The van der Waals surface area contributed by atoms with Crippen LogP contribution in [0.15, 0.2) is 46.9 Å². The van der Waals surface area contributed by atoms with Crippen molar-refractivity contribution in [2.24, 2.45) is 0 Å². The van der Waals surface area contributed by atoms with Gasteiger partial charge in [0.25, 0.3) is 0 Å². The summed E-state index contributed by atoms with van der Waals surface area (Å²) in [6.07, 6.45) is 0.947. The molecule has 0 amide bonds. The lowest BCUT2D eigenvalue weighted by molar-refractivity contribution is 0.557. The zero-order valence-corrected chi connectivity index (χ0v) is 8.66. The van der Waals surface area contributed by atoms with Gasteiger partial charge in [-0.15, -0.1) is 0 Å². The van der Waals surface area contributed by atoms with E-state index in [4.69, 9.17) is 4.42 Å². The number of benzene rings is 2. The van der Waals surface area contributed by atoms with Crippen LogP contribution in [0.4, 0.5) is 0 Å². The molecule has 0 radical (unpaired) electrons. The SMILES string of the molecule is CCc1cc2c(ccc3ccccc32)o1. The summed E-state index contributed by atoms with van der Waals surface area (Å²) in [5, 5.41) is 3.77. The first-order valence-electron chi connectivity index (χ1n) is 5.28. The zero-order chi connectivity index (χ0) is 10.3. The van der Waals surface area contributed by atoms with Gasteiger partial charge in [-0.05, 0) is 22.9 Å². The van der Waals surface area contributed by atoms with Gasteiger partial charge >= 0.3 is 0 Å². The molecule has 0 unspecified atom stereocenters. The normalized spacial score (nSPS) is 11.3. The molecule has 3 aromatic rings. The number of fused-ring (bicyclic) bond motifs is 3. The van der Waals surface area contributed by atoms with Crippen LogP contribution >= 0.6 is 0 Å². The lowest BCUT2D eigenvalue weighted by atomic mass is 10.1. The molecule has 0 aliphatic carbocycles. The van der Waals surface area contributed by atoms with Gasteiger partial charge in [0.2, 0.25) is 0 Å². The van der Waals surface area contributed by atoms with Crippen LogP contribution in [0.3, 0.4) is 0 Å². The molecule has 0 N–H and O–H groups in total. The minimum atomic E-state index is 0.947. The fourth-order valence-electron chi connectivity index (χ4n) is 2.02. The third-order valence-electron chi connectivity index (χ3n) is 2.83. The Balaban J connectivity index is 2.47. The number of furan rings is 1. The molecule has 0 aliphatic rings. The van der Waals surface area contributed by atoms with Crippen LogP contribution in [0.25, 0.3) is 21.7 Å². The molecule has 0 atom stereocenters. The van der Waals surface area contributed by atoms with Gasteiger partial charge in [-0.2, -0.15) is 0 Å². The Morgan fingerprint density at radius 3 is 2.73 bits per heavy atom. The first kappa shape index (κ1) is 8.54. The predicted molar refractivity (Wildman–Crippen MR) is 63.1 cm³/mol. The smallest absolute Gasteiger partial charge is 0.134 e. The number of hydrogen-bond acceptors (Lipinski definition) is 1. The van der Waals surface area contributed by atoms with E-state index in [1.165, 1.54) is 16.2 Å². The Morgan fingerprint density at radius 2 is 1.87 bits per heavy atom. The van der Waals surface area contributed by atoms with Crippen molar-refractivity contribution in [3.8, 4) is 0 Å². The van der Waals surface area contributed by atoms with Crippen molar-refractivity contribution in [2.75, 3.05) is 0 Å². The second-order valence-electron chi connectivity index (χ2n) is 3.76. The minimum absolute atomic E-state index is 0.947. The van der Waals surface area contributed by atoms with Crippen molar-refractivity contribution in [1.82, 2.24) is 0 Å². The van der Waals surface area contributed by atoms with Gasteiger partial charge in [-0.1, -0.05) is 37.3 Å². The molecule has 74 valence electrons. The maximum Gasteiger partial charge on any atom is 0.134 e. The van der Waals surface area contributed by atoms with E-state index in [0.717, 1.165) is 17.8 Å². The van der Waals surface area contributed by atoms with Gasteiger partial charge in [-0.3, -0.25) is 0 Å². The third-order valence-corrected chi connectivity index (χ3v) is 2.83. The summed E-state index contributed by atoms with van der Waals surface area (Å²) in [7, 11) is 0. The van der Waals surface area contributed by atoms with Gasteiger partial charge in [0.1, 0.15) is 11.3 Å². The van der Waals surface area contributed by atoms with Crippen molar-refractivity contribution >= 4 is 21.7 Å². The van der Waals surface area contributed by atoms with Crippen LogP contribution in [0.2, 0.25) is 0 Å². The largest absolute Gasteiger partial charge is 0.461 e. The van der Waals surface area contributed by atoms with Gasteiger partial charge < -0.3 is 4.42 Å². The maximum absolute atomic E-state index is 5.73. The van der Waals surface area contributed by atoms with E-state index < -0.39 is 0 Å². The van der Waals surface area contributed by atoms with E-state index in [0.29, 0.717) is 0 Å². The summed E-state index contributed by atoms with van der Waals surface area (Å²) in [5.41, 5.74) is 0.991. The standard InChI is InChI=1S/C14H12O/c1-2-11-9-13-12-6-4-3-5-10(12)7-8-14(13)15-11/h3-9H,2H2,1H3. The van der Waals surface area contributed by atoms with Crippen molar-refractivity contribution in [3.05, 3.63) is 48.2 Å². The molecule has 0 spiro atoms. The van der Waals surface area contributed by atoms with Crippen molar-refractivity contribution in [3.63, 3.8) is 0 Å². The topological polar surface area (TPSA) is 13.1 Å². The van der Waals surface area contributed by atoms with Gasteiger partial charge in [0.05, 0.1) is 0 Å². The third kappa shape index (κ3) is 1.23. The first-order chi connectivity index (χ1) is 7.38. The average molecular weight is 196 g/mol. The molecule has 1 heterocycles. The Bertz CT molecular complexity index is 619. The Hall–Kier alpha value is -1.76. The lowest BCUT2D eigenvalue weighted by Crippen LogP contribution is -1.71. The molecular formula is C14H12O. The van der Waals surface area contributed by atoms with Gasteiger partial charge in [0, 0.05) is 11.8 Å². The van der Waals surface area contributed by atoms with Gasteiger partial charge in [0.15, 0.2) is 0 Å². The van der Waals surface area contributed by atoms with Crippen molar-refractivity contribution in [2.45, 2.75) is 13.3 Å². The summed E-state index contributed by atoms with van der Waals surface area (Å²) >= 11 is 0. The van der Waals surface area contributed by atoms with E-state index in [2.05, 4.69) is 49.4 Å². The molecule has 0 aliphatic heterocycles. The predicted octanol–water partition coefficient (Wildman–Crippen LogP) is 4.15. The monoisotopic (exact) mass is 196 g/mol. The van der Waals surface area contributed by atoms with E-state index >= 15 is 0 Å². The molecule has 2 aromatic carbocycles. The van der Waals surface area contributed by atoms with Crippen LogP contribution in [-0.2, 0) is 6.42 Å². The number of hydrogen-bond donors (Lipinski definition) is 0. The fraction of sp³-hybridized carbons (Fsp3) is 0.143. The highest BCUT2D eigenvalue weighted by Gasteiger charge is 2.05. The summed E-state index contributed by atoms with van der Waals surface area (Å²) < 4.78 is 5.73. The summed E-state index contributed by atoms with van der Waals surface area (Å²) in [5.74, 6) is 1.06. The van der Waals surface area contributed by atoms with E-state index in [-0.39, 0.29) is 0 Å². The lowest BCUT2D eigenvalue weighted by Gasteiger charge is -1.96. The molecule has 3 rings (SSSR count). The molecule has 1 nitrogen and oxygen atoms in total. The van der Waals surface area contributed by atoms with Crippen LogP contribution in [0, 0.1) is 0 Å². The quantitative estimate of drug-likeness (QED) is 0.570. The van der Waals surface area contributed by atoms with Crippen LogP contribution in [0.5, 0.6) is 0 Å². The second kappa shape index (κ2) is 3.13. The van der Waals surface area contributed by atoms with Crippen molar-refractivity contribution in [1.29, 1.82) is 0 Å². The molecule has 0 saturated carbocycles. The van der Waals surface area contributed by atoms with Crippen LogP contribution < -0.4 is 0 Å². The summed E-state index contributed by atoms with van der Waals surface area (Å²) in [6, 6.07) is 14.7. The van der Waals surface area contributed by atoms with Crippen LogP contribution in [-0.4, -0.2) is 0 Å². The molecule has 15 heavy (non-hydrogen) atoms. The molecule has 0 fully saturated rings. The Labute approximate surface area is 88.3 Å². The number of rotatable bonds is 1. The summed E-state index contributed by atoms with van der Waals surface area (Å²) in [4.78, 5) is 0. The molecule has 1 heteroatoms. The molecule has 0 saturated heterocycles. The fourth-order valence-corrected chi connectivity index (χ4v) is 2.02. The molecule has 0 bridgehead atoms. The van der Waals surface area contributed by atoms with E-state index in [1.807, 2.05) is 0 Å². The zero-order valence-electron chi connectivity index (χ0n) is 8.66. The second-order valence-corrected chi connectivity index (χ2v) is 3.76. The van der Waals surface area contributed by atoms with Crippen LogP contribution in [0.1, 0.15) is 12.7 Å². The van der Waals surface area contributed by atoms with E-state index in [9.17, 15) is 0 Å². The van der Waals surface area contributed by atoms with E-state index in [1.54, 1.807) is 0 Å². The maximum atomic E-state index is 5.73. The highest BCUT2D eigenvalue weighted by atomic mass is 16.3. The van der Waals surface area contributed by atoms with Crippen molar-refractivity contribution < 1.29 is 4.42 Å². The molecular weight excluding hydrogens is 184 g/mol.